The number of nitrogens with zero attached hydrogens (tertiary/aromatic N) is 7. The number of anilines is 10. The molecule has 0 unspecified atom stereocenters. The van der Waals surface area contributed by atoms with Crippen LogP contribution in [-0.4, -0.2) is 68.8 Å². The highest BCUT2D eigenvalue weighted by Gasteiger charge is 2.31. The van der Waals surface area contributed by atoms with E-state index in [1.54, 1.807) is 92.0 Å². The Morgan fingerprint density at radius 2 is 0.882 bits per heavy atom. The van der Waals surface area contributed by atoms with Gasteiger partial charge in [0.15, 0.2) is 17.3 Å². The van der Waals surface area contributed by atoms with Crippen molar-refractivity contribution < 1.29 is 45.5 Å². The average Bonchev–Trinajstić information content (AvgIpc) is 2.53. The van der Waals surface area contributed by atoms with Gasteiger partial charge in [-0.3, -0.25) is 29.3 Å². The van der Waals surface area contributed by atoms with E-state index in [0.717, 1.165) is 61.5 Å². The van der Waals surface area contributed by atoms with Gasteiger partial charge in [-0.15, -0.1) is 0 Å². The van der Waals surface area contributed by atoms with E-state index < -0.39 is 17.6 Å². The van der Waals surface area contributed by atoms with Crippen LogP contribution in [0.5, 0.6) is 5.75 Å². The molecule has 6 aromatic carbocycles. The van der Waals surface area contributed by atoms with Crippen LogP contribution in [0.3, 0.4) is 0 Å². The quantitative estimate of drug-likeness (QED) is 0.0495. The topological polar surface area (TPSA) is 253 Å². The minimum absolute atomic E-state index is 0.121. The first-order valence-corrected chi connectivity index (χ1v) is 29.1. The van der Waals surface area contributed by atoms with Gasteiger partial charge in [0, 0.05) is 123 Å². The van der Waals surface area contributed by atoms with Crippen LogP contribution in [0, 0.1) is 13.8 Å². The number of hydrogen-bond acceptors (Lipinski definition) is 17. The Labute approximate surface area is 539 Å². The summed E-state index contributed by atoms with van der Waals surface area (Å²) in [6, 6.07) is 46.9. The molecule has 6 heterocycles. The number of carbonyl (C=O) groups is 3. The number of ether oxygens (including phenoxy) is 1. The van der Waals surface area contributed by atoms with Gasteiger partial charge in [-0.05, 0) is 158 Å². The van der Waals surface area contributed by atoms with Crippen molar-refractivity contribution in [2.45, 2.75) is 20.0 Å². The number of pyridine rings is 3. The van der Waals surface area contributed by atoms with Crippen molar-refractivity contribution in [1.29, 1.82) is 0 Å². The second kappa shape index (κ2) is 29.6. The van der Waals surface area contributed by atoms with Crippen LogP contribution in [0.4, 0.5) is 71.0 Å². The van der Waals surface area contributed by atoms with Crippen LogP contribution >= 0.6 is 15.9 Å². The normalized spacial score (nSPS) is 10.8. The van der Waals surface area contributed by atoms with E-state index in [1.165, 1.54) is 25.4 Å². The molecule has 0 spiro atoms. The Bertz CT molecular complexity index is 4550. The number of aromatic nitrogens is 6. The number of oxazole rings is 3. The Hall–Kier alpha value is -11.9. The third-order valence-electron chi connectivity index (χ3n) is 13.7. The molecule has 0 saturated heterocycles. The molecule has 12 rings (SSSR count). The molecule has 0 aliphatic carbocycles. The summed E-state index contributed by atoms with van der Waals surface area (Å²) in [6.07, 6.45) is 10.4. The number of hydrogen-bond donors (Lipinski definition) is 6. The van der Waals surface area contributed by atoms with Crippen molar-refractivity contribution in [1.82, 2.24) is 29.9 Å². The highest BCUT2D eigenvalue weighted by Crippen LogP contribution is 2.35. The fourth-order valence-corrected chi connectivity index (χ4v) is 9.22. The van der Waals surface area contributed by atoms with Gasteiger partial charge in [-0.2, -0.15) is 13.2 Å². The minimum Gasteiger partial charge on any atom is -0.495 e. The van der Waals surface area contributed by atoms with Gasteiger partial charge in [0.2, 0.25) is 0 Å². The first-order valence-electron chi connectivity index (χ1n) is 28.3. The van der Waals surface area contributed by atoms with Crippen molar-refractivity contribution in [2.75, 3.05) is 58.0 Å². The van der Waals surface area contributed by atoms with E-state index in [0.29, 0.717) is 68.9 Å². The van der Waals surface area contributed by atoms with Crippen molar-refractivity contribution in [3.05, 3.63) is 257 Å². The number of rotatable bonds is 17. The molecule has 0 fully saturated rings. The molecular formula is C69H57BrF3N13O7. The summed E-state index contributed by atoms with van der Waals surface area (Å²) in [5.41, 5.74) is 9.22. The molecule has 0 aliphatic heterocycles. The Kier molecular flexibility index (Phi) is 20.4. The number of carbonyl (C=O) groups excluding carboxylic acids is 3. The van der Waals surface area contributed by atoms with Crippen LogP contribution in [-0.2, 0) is 6.18 Å². The molecule has 6 aromatic heterocycles. The fraction of sp³-hybridized carbons (Fsp3) is 0.0870. The number of alkyl halides is 3. The molecule has 20 nitrogen and oxygen atoms in total. The lowest BCUT2D eigenvalue weighted by molar-refractivity contribution is -0.137. The summed E-state index contributed by atoms with van der Waals surface area (Å²) in [6.45, 7) is 3.94. The van der Waals surface area contributed by atoms with Crippen molar-refractivity contribution in [2.24, 2.45) is 0 Å². The highest BCUT2D eigenvalue weighted by atomic mass is 79.9. The van der Waals surface area contributed by atoms with E-state index in [-0.39, 0.29) is 23.4 Å². The summed E-state index contributed by atoms with van der Waals surface area (Å²) in [5, 5.41) is 17.8. The van der Waals surface area contributed by atoms with Gasteiger partial charge >= 0.3 is 6.18 Å². The number of methoxy groups -OCH3 is 1. The lowest BCUT2D eigenvalue weighted by Crippen LogP contribution is -2.14. The average molecular weight is 1320 g/mol. The van der Waals surface area contributed by atoms with Crippen molar-refractivity contribution >= 4 is 91.5 Å². The van der Waals surface area contributed by atoms with Crippen LogP contribution < -0.4 is 41.5 Å². The third kappa shape index (κ3) is 17.3. The third-order valence-corrected chi connectivity index (χ3v) is 14.2. The molecule has 0 saturated carbocycles. The number of halogens is 4. The number of amides is 3. The Morgan fingerprint density at radius 3 is 1.30 bits per heavy atom. The van der Waals surface area contributed by atoms with Crippen molar-refractivity contribution in [3.8, 4) is 39.7 Å². The Balaban J connectivity index is 0.000000153. The molecule has 0 aliphatic rings. The molecule has 93 heavy (non-hydrogen) atoms. The molecular weight excluding hydrogens is 1260 g/mol. The van der Waals surface area contributed by atoms with Crippen LogP contribution in [0.25, 0.3) is 34.0 Å². The summed E-state index contributed by atoms with van der Waals surface area (Å²) in [7, 11) is 5.35. The molecule has 3 amide bonds. The standard InChI is InChI=1S/C24H23N5O2.C23H17F3N4O3.C22H17BrN4O2/c1-16-9-10-19(27-23(30)17-6-4-8-20(12-17)29(2)3)13-21(16)28-24-26-15-22(31-24)18-7-5-11-25-14-18;1-32-19-8-7-17(29-21(31)14-4-2-6-16(10-14)23(24,25)26)11-18(19)30-22-28-13-20(33-22)15-5-3-9-27-12-15;1-14-7-8-18(26-21(28)15-4-2-6-17(23)10-15)11-19(14)27-22-25-13-20(29-22)16-5-3-9-24-12-16/h4-15H,1-3H3,(H,26,28)(H,27,30);2-13H,1H3,(H,28,30)(H,29,31);2-13H,1H3,(H,25,27)(H,26,28). The maximum Gasteiger partial charge on any atom is 0.416 e. The van der Waals surface area contributed by atoms with E-state index in [1.807, 2.05) is 130 Å². The van der Waals surface area contributed by atoms with Gasteiger partial charge in [-0.1, -0.05) is 46.3 Å². The number of aryl methyl sites for hydroxylation is 2. The SMILES string of the molecule is COc1ccc(NC(=O)c2cccc(C(F)(F)F)c2)cc1Nc1ncc(-c2cccnc2)o1.Cc1ccc(NC(=O)c2cccc(Br)c2)cc1Nc1ncc(-c2cccnc2)o1.Cc1ccc(NC(=O)c2cccc(N(C)C)c2)cc1Nc1ncc(-c2cccnc2)o1. The lowest BCUT2D eigenvalue weighted by atomic mass is 10.1. The maximum atomic E-state index is 12.9. The van der Waals surface area contributed by atoms with Crippen LogP contribution in [0.1, 0.15) is 47.8 Å². The maximum absolute atomic E-state index is 12.9. The number of nitrogens with one attached hydrogen (secondary N) is 6. The largest absolute Gasteiger partial charge is 0.495 e. The molecule has 12 aromatic rings. The second-order valence-corrected chi connectivity index (χ2v) is 21.5. The zero-order chi connectivity index (χ0) is 65.4. The molecule has 0 bridgehead atoms. The van der Waals surface area contributed by atoms with Crippen LogP contribution in [0.2, 0.25) is 0 Å². The Morgan fingerprint density at radius 1 is 0.473 bits per heavy atom. The van der Waals surface area contributed by atoms with Gasteiger partial charge in [-0.25, -0.2) is 15.0 Å². The zero-order valence-electron chi connectivity index (χ0n) is 50.3. The molecule has 24 heteroatoms. The van der Waals surface area contributed by atoms with E-state index in [9.17, 15) is 27.6 Å². The smallest absolute Gasteiger partial charge is 0.416 e. The predicted molar refractivity (Wildman–Crippen MR) is 355 cm³/mol. The van der Waals surface area contributed by atoms with Gasteiger partial charge in [0.05, 0.1) is 37.0 Å². The molecule has 0 radical (unpaired) electrons. The minimum atomic E-state index is -4.54. The fourth-order valence-electron chi connectivity index (χ4n) is 8.82. The van der Waals surface area contributed by atoms with E-state index in [2.05, 4.69) is 77.7 Å². The monoisotopic (exact) mass is 1320 g/mol. The molecule has 6 N–H and O–H groups in total. The molecule has 0 atom stereocenters. The first-order chi connectivity index (χ1) is 44.9. The first kappa shape index (κ1) is 64.1. The number of benzene rings is 6. The molecule has 468 valence electrons. The summed E-state index contributed by atoms with van der Waals surface area (Å²) in [4.78, 5) is 64.6. The van der Waals surface area contributed by atoms with E-state index >= 15 is 0 Å². The highest BCUT2D eigenvalue weighted by molar-refractivity contribution is 9.10. The van der Waals surface area contributed by atoms with Gasteiger partial charge in [0.25, 0.3) is 35.8 Å². The lowest BCUT2D eigenvalue weighted by Gasteiger charge is -2.14. The van der Waals surface area contributed by atoms with Crippen molar-refractivity contribution in [3.63, 3.8) is 0 Å². The predicted octanol–water partition coefficient (Wildman–Crippen LogP) is 16.7. The van der Waals surface area contributed by atoms with E-state index in [4.69, 9.17) is 18.0 Å². The zero-order valence-corrected chi connectivity index (χ0v) is 51.9. The van der Waals surface area contributed by atoms with Gasteiger partial charge < -0.3 is 54.8 Å². The summed E-state index contributed by atoms with van der Waals surface area (Å²) < 4.78 is 62.3. The van der Waals surface area contributed by atoms with Gasteiger partial charge in [0.1, 0.15) is 5.75 Å². The van der Waals surface area contributed by atoms with Crippen LogP contribution in [0.15, 0.2) is 237 Å². The second-order valence-electron chi connectivity index (χ2n) is 20.6. The summed E-state index contributed by atoms with van der Waals surface area (Å²) >= 11 is 3.38. The summed E-state index contributed by atoms with van der Waals surface area (Å²) in [5.74, 6) is 1.14.